The van der Waals surface area contributed by atoms with Crippen LogP contribution >= 0.6 is 0 Å². The van der Waals surface area contributed by atoms with Crippen molar-refractivity contribution in [2.45, 2.75) is 76.2 Å². The van der Waals surface area contributed by atoms with Crippen molar-refractivity contribution in [3.63, 3.8) is 0 Å². The summed E-state index contributed by atoms with van der Waals surface area (Å²) in [5, 5.41) is 22.0. The van der Waals surface area contributed by atoms with Crippen LogP contribution < -0.4 is 21.7 Å². The molecular weight excluding hydrogens is 995 g/mol. The molecule has 6 unspecified atom stereocenters. The Morgan fingerprint density at radius 3 is 1.69 bits per heavy atom. The number of hydrogen-bond acceptors (Lipinski definition) is 10. The molecule has 17 heteroatoms. The van der Waals surface area contributed by atoms with Crippen LogP contribution in [0.4, 0.5) is 8.78 Å². The van der Waals surface area contributed by atoms with Crippen LogP contribution in [-0.2, 0) is 54.5 Å². The predicted octanol–water partition coefficient (Wildman–Crippen LogP) is 4.83. The van der Waals surface area contributed by atoms with E-state index in [0.29, 0.717) is 38.9 Å². The van der Waals surface area contributed by atoms with Gasteiger partial charge in [0.25, 0.3) is 0 Å². The maximum Gasteiger partial charge on any atom is 0.245 e. The molecule has 6 aromatic carbocycles. The van der Waals surface area contributed by atoms with Gasteiger partial charge in [0.2, 0.25) is 29.5 Å². The zero-order valence-electron chi connectivity index (χ0n) is 44.9. The Balaban J connectivity index is 0.000000226. The molecule has 0 aliphatic carbocycles. The van der Waals surface area contributed by atoms with Crippen molar-refractivity contribution >= 4 is 56.9 Å². The topological polar surface area (TPSA) is 198 Å². The van der Waals surface area contributed by atoms with Gasteiger partial charge in [-0.15, -0.1) is 0 Å². The number of nitrogens with zero attached hydrogens (tertiary/aromatic N) is 4. The molecule has 15 nitrogen and oxygen atoms in total. The first-order valence-corrected chi connectivity index (χ1v) is 26.7. The molecule has 2 aliphatic heterocycles. The molecule has 0 saturated carbocycles. The molecule has 5 amide bonds. The molecule has 2 fully saturated rings. The molecule has 2 saturated heterocycles. The fourth-order valence-electron chi connectivity index (χ4n) is 10.6. The van der Waals surface area contributed by atoms with E-state index in [-0.39, 0.29) is 105 Å². The first-order valence-electron chi connectivity index (χ1n) is 26.7. The van der Waals surface area contributed by atoms with Crippen molar-refractivity contribution < 1.29 is 42.7 Å². The third-order valence-corrected chi connectivity index (χ3v) is 14.8. The fourth-order valence-corrected chi connectivity index (χ4v) is 10.6. The quantitative estimate of drug-likeness (QED) is 0.0707. The van der Waals surface area contributed by atoms with E-state index in [1.165, 1.54) is 34.1 Å². The monoisotopic (exact) mass is 1070 g/mol. The number of aliphatic hydroxyl groups excluding tert-OH is 1. The van der Waals surface area contributed by atoms with Crippen LogP contribution in [0.25, 0.3) is 21.5 Å². The number of likely N-dealkylation sites (N-methyl/N-ethyl adjacent to an activating group) is 2. The summed E-state index contributed by atoms with van der Waals surface area (Å²) >= 11 is 0. The summed E-state index contributed by atoms with van der Waals surface area (Å²) < 4.78 is 26.7. The number of piperazine rings is 2. The van der Waals surface area contributed by atoms with Gasteiger partial charge in [-0.2, -0.15) is 0 Å². The van der Waals surface area contributed by atoms with Crippen molar-refractivity contribution in [3.8, 4) is 0 Å². The van der Waals surface area contributed by atoms with Gasteiger partial charge in [0.1, 0.15) is 29.5 Å². The highest BCUT2D eigenvalue weighted by molar-refractivity contribution is 5.94. The normalized spacial score (nSPS) is 17.4. The van der Waals surface area contributed by atoms with Gasteiger partial charge >= 0.3 is 0 Å². The van der Waals surface area contributed by atoms with Gasteiger partial charge in [0.15, 0.2) is 0 Å². The molecule has 8 rings (SSSR count). The van der Waals surface area contributed by atoms with Gasteiger partial charge in [-0.25, -0.2) is 8.78 Å². The Kier molecular flexibility index (Phi) is 20.7. The van der Waals surface area contributed by atoms with Gasteiger partial charge in [0.05, 0.1) is 25.2 Å². The van der Waals surface area contributed by atoms with E-state index in [0.717, 1.165) is 43.8 Å². The minimum atomic E-state index is -0.886. The van der Waals surface area contributed by atoms with Crippen molar-refractivity contribution in [2.24, 2.45) is 11.7 Å². The van der Waals surface area contributed by atoms with Gasteiger partial charge in [-0.05, 0) is 108 Å². The maximum absolute atomic E-state index is 13.8. The molecule has 6 aromatic rings. The summed E-state index contributed by atoms with van der Waals surface area (Å²) in [7, 11) is 3.36. The number of halogens is 2. The van der Waals surface area contributed by atoms with Crippen molar-refractivity contribution in [1.29, 1.82) is 0 Å². The Labute approximate surface area is 455 Å². The number of aliphatic hydroxyl groups is 1. The predicted molar refractivity (Wildman–Crippen MR) is 298 cm³/mol. The van der Waals surface area contributed by atoms with Crippen LogP contribution in [0.2, 0.25) is 0 Å². The largest absolute Gasteiger partial charge is 0.395 e. The number of fused-ring (bicyclic) bond motifs is 2. The SMILES string of the molecule is CC1C(=O)N(C(Cc2ccc3ccccc3c2)C(=O)NCCO)CCN1C(=O)C(N)Cc1ccc(F)cc1.CNCC(=O)CC(Cc1ccc(F)cc1)C(=O)N1CCN(C(Cc2ccc3ccccc3c2)C(=O)NC)CC1C. The van der Waals surface area contributed by atoms with Crippen LogP contribution in [0, 0.1) is 17.6 Å². The smallest absolute Gasteiger partial charge is 0.245 e. The summed E-state index contributed by atoms with van der Waals surface area (Å²) in [6.45, 7) is 5.64. The standard InChI is InChI=1S/C32H39FN4O3.C29H33FN4O4/c1-22-21-36(30(31(39)35-3)18-24-8-11-25-6-4-5-7-26(25)17-24)14-15-37(22)32(40)27(19-29(38)20-34-2)16-23-9-12-28(33)13-10-23;1-19-28(37)34(14-13-33(19)29(38)25(31)17-20-7-10-24(30)11-8-20)26(27(36)32-12-15-35)18-21-6-9-22-4-2-3-5-23(22)16-21/h4-13,17,22,27,30,34H,14-16,18-21H2,1-3H3,(H,35,39);2-11,16,19,25-26,35H,12-15,17-18,31H2,1H3,(H,32,36). The van der Waals surface area contributed by atoms with Crippen molar-refractivity contribution in [3.05, 3.63) is 167 Å². The number of carbonyl (C=O) groups is 6. The zero-order chi connectivity index (χ0) is 55.9. The van der Waals surface area contributed by atoms with Crippen molar-refractivity contribution in [1.82, 2.24) is 35.6 Å². The summed E-state index contributed by atoms with van der Waals surface area (Å²) in [5.41, 5.74) is 9.69. The molecule has 2 heterocycles. The number of Topliss-reactive ketones (excluding diaryl/α,β-unsaturated/α-hetero) is 1. The van der Waals surface area contributed by atoms with Crippen LogP contribution in [0.5, 0.6) is 0 Å². The summed E-state index contributed by atoms with van der Waals surface area (Å²) in [4.78, 5) is 86.1. The van der Waals surface area contributed by atoms with Gasteiger partial charge < -0.3 is 41.5 Å². The first-order chi connectivity index (χ1) is 37.6. The summed E-state index contributed by atoms with van der Waals surface area (Å²) in [5.74, 6) is -2.48. The number of hydrogen-bond donors (Lipinski definition) is 5. The van der Waals surface area contributed by atoms with Crippen LogP contribution in [-0.4, -0.2) is 157 Å². The molecule has 412 valence electrons. The number of rotatable bonds is 20. The molecule has 0 radical (unpaired) electrons. The van der Waals surface area contributed by atoms with Crippen LogP contribution in [0.15, 0.2) is 133 Å². The number of benzene rings is 6. The molecule has 6 atom stereocenters. The highest BCUT2D eigenvalue weighted by Gasteiger charge is 2.41. The molecular formula is C61H72F2N8O7. The van der Waals surface area contributed by atoms with E-state index >= 15 is 0 Å². The number of nitrogens with two attached hydrogens (primary N) is 1. The fraction of sp³-hybridized carbons (Fsp3) is 0.377. The summed E-state index contributed by atoms with van der Waals surface area (Å²) in [6.07, 6.45) is 1.56. The van der Waals surface area contributed by atoms with E-state index in [4.69, 9.17) is 5.73 Å². The summed E-state index contributed by atoms with van der Waals surface area (Å²) in [6, 6.07) is 37.2. The molecule has 0 spiro atoms. The highest BCUT2D eigenvalue weighted by Crippen LogP contribution is 2.25. The molecule has 78 heavy (non-hydrogen) atoms. The average Bonchev–Trinajstić information content (AvgIpc) is 3.48. The second-order valence-corrected chi connectivity index (χ2v) is 20.3. The van der Waals surface area contributed by atoms with E-state index < -0.39 is 24.0 Å². The highest BCUT2D eigenvalue weighted by atomic mass is 19.1. The number of amides is 5. The van der Waals surface area contributed by atoms with E-state index in [9.17, 15) is 42.7 Å². The second-order valence-electron chi connectivity index (χ2n) is 20.3. The lowest BCUT2D eigenvalue weighted by Gasteiger charge is -2.43. The number of carbonyl (C=O) groups excluding carboxylic acids is 6. The Bertz CT molecular complexity index is 3030. The molecule has 6 N–H and O–H groups in total. The maximum atomic E-state index is 13.8. The second kappa shape index (κ2) is 27.7. The van der Waals surface area contributed by atoms with Gasteiger partial charge in [0, 0.05) is 71.1 Å². The van der Waals surface area contributed by atoms with Gasteiger partial charge in [-0.1, -0.05) is 109 Å². The number of nitrogens with one attached hydrogen (secondary N) is 3. The van der Waals surface area contributed by atoms with E-state index in [2.05, 4.69) is 51.2 Å². The third kappa shape index (κ3) is 15.2. The van der Waals surface area contributed by atoms with E-state index in [1.54, 1.807) is 45.3 Å². The van der Waals surface area contributed by atoms with Crippen LogP contribution in [0.1, 0.15) is 42.5 Å². The Morgan fingerprint density at radius 1 is 0.628 bits per heavy atom. The lowest BCUT2D eigenvalue weighted by molar-refractivity contribution is -0.155. The lowest BCUT2D eigenvalue weighted by Crippen LogP contribution is -2.64. The Morgan fingerprint density at radius 2 is 1.15 bits per heavy atom. The molecule has 0 aromatic heterocycles. The number of ketones is 1. The first kappa shape index (κ1) is 58.2. The van der Waals surface area contributed by atoms with Crippen molar-refractivity contribution in [2.75, 3.05) is 66.5 Å². The zero-order valence-corrected chi connectivity index (χ0v) is 44.9. The minimum Gasteiger partial charge on any atom is -0.395 e. The minimum absolute atomic E-state index is 0.0377. The van der Waals surface area contributed by atoms with Crippen LogP contribution in [0.3, 0.4) is 0 Å². The lowest BCUT2D eigenvalue weighted by atomic mass is 9.91. The average molecular weight is 1070 g/mol. The van der Waals surface area contributed by atoms with E-state index in [1.807, 2.05) is 66.4 Å². The van der Waals surface area contributed by atoms with Gasteiger partial charge in [-0.3, -0.25) is 33.7 Å². The third-order valence-electron chi connectivity index (χ3n) is 14.8. The molecule has 0 bridgehead atoms. The molecule has 2 aliphatic rings. The Hall–Kier alpha value is -7.44.